The number of hydrogen-bond acceptors (Lipinski definition) is 5. The molecule has 3 aromatic rings. The average molecular weight is 342 g/mol. The number of halogens is 1. The minimum Gasteiger partial charge on any atom is -0.392 e. The molecule has 2 aromatic carbocycles. The predicted octanol–water partition coefficient (Wildman–Crippen LogP) is 3.86. The molecular formula is C17H12ClN3O3. The summed E-state index contributed by atoms with van der Waals surface area (Å²) in [7, 11) is 0. The van der Waals surface area contributed by atoms with Crippen LogP contribution in [0.15, 0.2) is 54.6 Å². The predicted molar refractivity (Wildman–Crippen MR) is 90.5 cm³/mol. The van der Waals surface area contributed by atoms with Gasteiger partial charge in [-0.05, 0) is 11.6 Å². The molecule has 6 nitrogen and oxygen atoms in total. The van der Waals surface area contributed by atoms with Crippen molar-refractivity contribution in [3.8, 4) is 22.6 Å². The fourth-order valence-electron chi connectivity index (χ4n) is 2.28. The third-order valence-electron chi connectivity index (χ3n) is 3.42. The zero-order chi connectivity index (χ0) is 17.1. The summed E-state index contributed by atoms with van der Waals surface area (Å²) in [5, 5.41) is 20.4. The van der Waals surface area contributed by atoms with Gasteiger partial charge in [-0.3, -0.25) is 10.1 Å². The minimum absolute atomic E-state index is 0.0418. The summed E-state index contributed by atoms with van der Waals surface area (Å²) < 4.78 is 0. The second kappa shape index (κ2) is 6.74. The average Bonchev–Trinajstić information content (AvgIpc) is 2.61. The highest BCUT2D eigenvalue weighted by molar-refractivity contribution is 6.29. The van der Waals surface area contributed by atoms with Crippen LogP contribution < -0.4 is 0 Å². The molecule has 0 amide bonds. The summed E-state index contributed by atoms with van der Waals surface area (Å²) in [5.41, 5.74) is 2.56. The van der Waals surface area contributed by atoms with Crippen LogP contribution in [0.25, 0.3) is 22.6 Å². The molecule has 0 radical (unpaired) electrons. The Morgan fingerprint density at radius 3 is 2.54 bits per heavy atom. The van der Waals surface area contributed by atoms with Crippen LogP contribution in [-0.4, -0.2) is 20.0 Å². The Balaban J connectivity index is 2.09. The molecule has 0 bridgehead atoms. The quantitative estimate of drug-likeness (QED) is 0.442. The molecule has 1 aromatic heterocycles. The van der Waals surface area contributed by atoms with Crippen LogP contribution >= 0.6 is 11.6 Å². The van der Waals surface area contributed by atoms with Gasteiger partial charge in [-0.25, -0.2) is 9.97 Å². The third kappa shape index (κ3) is 3.40. The Morgan fingerprint density at radius 2 is 1.79 bits per heavy atom. The normalized spacial score (nSPS) is 10.6. The second-order valence-electron chi connectivity index (χ2n) is 5.07. The number of nitro benzene ring substituents is 1. The Bertz CT molecular complexity index is 915. The first kappa shape index (κ1) is 16.0. The lowest BCUT2D eigenvalue weighted by Crippen LogP contribution is -1.95. The first-order chi connectivity index (χ1) is 11.6. The maximum atomic E-state index is 10.9. The van der Waals surface area contributed by atoms with E-state index < -0.39 is 4.92 Å². The number of hydrogen-bond donors (Lipinski definition) is 1. The monoisotopic (exact) mass is 341 g/mol. The summed E-state index contributed by atoms with van der Waals surface area (Å²) in [5.74, 6) is 0.301. The molecule has 0 saturated heterocycles. The Morgan fingerprint density at radius 1 is 1.04 bits per heavy atom. The second-order valence-corrected chi connectivity index (χ2v) is 5.45. The fourth-order valence-corrected chi connectivity index (χ4v) is 2.47. The van der Waals surface area contributed by atoms with Gasteiger partial charge in [0.15, 0.2) is 5.82 Å². The number of benzene rings is 2. The van der Waals surface area contributed by atoms with Crippen molar-refractivity contribution in [1.29, 1.82) is 0 Å². The summed E-state index contributed by atoms with van der Waals surface area (Å²) in [4.78, 5) is 19.1. The minimum atomic E-state index is -0.473. The number of nitro groups is 1. The largest absolute Gasteiger partial charge is 0.392 e. The van der Waals surface area contributed by atoms with Gasteiger partial charge < -0.3 is 5.11 Å². The van der Waals surface area contributed by atoms with E-state index in [9.17, 15) is 15.2 Å². The zero-order valence-electron chi connectivity index (χ0n) is 12.4. The Labute approximate surface area is 142 Å². The maximum Gasteiger partial charge on any atom is 0.270 e. The van der Waals surface area contributed by atoms with Gasteiger partial charge in [-0.2, -0.15) is 0 Å². The van der Waals surface area contributed by atoms with E-state index in [0.29, 0.717) is 17.1 Å². The number of aliphatic hydroxyl groups excluding tert-OH is 1. The molecule has 0 aliphatic rings. The van der Waals surface area contributed by atoms with E-state index >= 15 is 0 Å². The van der Waals surface area contributed by atoms with Crippen molar-refractivity contribution in [3.05, 3.63) is 75.4 Å². The molecule has 7 heteroatoms. The van der Waals surface area contributed by atoms with Crippen molar-refractivity contribution in [1.82, 2.24) is 9.97 Å². The maximum absolute atomic E-state index is 10.9. The number of aliphatic hydroxyl groups is 1. The number of nitrogens with zero attached hydrogens (tertiary/aromatic N) is 3. The molecular weight excluding hydrogens is 330 g/mol. The highest BCUT2D eigenvalue weighted by Crippen LogP contribution is 2.26. The van der Waals surface area contributed by atoms with Crippen LogP contribution in [0.1, 0.15) is 5.56 Å². The third-order valence-corrected chi connectivity index (χ3v) is 3.61. The summed E-state index contributed by atoms with van der Waals surface area (Å²) in [6.45, 7) is -0.0790. The number of aromatic nitrogens is 2. The number of rotatable bonds is 4. The van der Waals surface area contributed by atoms with Crippen LogP contribution in [0.5, 0.6) is 0 Å². The van der Waals surface area contributed by atoms with Gasteiger partial charge in [0.2, 0.25) is 0 Å². The highest BCUT2D eigenvalue weighted by atomic mass is 35.5. The van der Waals surface area contributed by atoms with Crippen molar-refractivity contribution < 1.29 is 10.0 Å². The van der Waals surface area contributed by atoms with E-state index in [2.05, 4.69) is 9.97 Å². The first-order valence-corrected chi connectivity index (χ1v) is 7.44. The van der Waals surface area contributed by atoms with Crippen molar-refractivity contribution in [2.45, 2.75) is 6.61 Å². The molecule has 120 valence electrons. The molecule has 3 rings (SSSR count). The van der Waals surface area contributed by atoms with Gasteiger partial charge in [0, 0.05) is 29.3 Å². The molecule has 0 unspecified atom stereocenters. The van der Waals surface area contributed by atoms with Crippen molar-refractivity contribution in [2.24, 2.45) is 0 Å². The lowest BCUT2D eigenvalue weighted by atomic mass is 10.1. The molecule has 0 saturated carbocycles. The SMILES string of the molecule is O=[N+]([O-])c1cccc(-c2nc(Cl)cc(-c3cccc(CO)c3)n2)c1. The summed E-state index contributed by atoms with van der Waals surface area (Å²) >= 11 is 6.09. The van der Waals surface area contributed by atoms with E-state index in [-0.39, 0.29) is 17.4 Å². The van der Waals surface area contributed by atoms with Crippen LogP contribution in [0.2, 0.25) is 5.15 Å². The van der Waals surface area contributed by atoms with E-state index in [1.54, 1.807) is 30.3 Å². The van der Waals surface area contributed by atoms with Crippen LogP contribution in [-0.2, 0) is 6.61 Å². The van der Waals surface area contributed by atoms with Gasteiger partial charge in [-0.15, -0.1) is 0 Å². The van der Waals surface area contributed by atoms with Gasteiger partial charge in [0.25, 0.3) is 5.69 Å². The van der Waals surface area contributed by atoms with Crippen LogP contribution in [0, 0.1) is 10.1 Å². The van der Waals surface area contributed by atoms with Gasteiger partial charge >= 0.3 is 0 Å². The fraction of sp³-hybridized carbons (Fsp3) is 0.0588. The lowest BCUT2D eigenvalue weighted by Gasteiger charge is -2.07. The zero-order valence-corrected chi connectivity index (χ0v) is 13.1. The van der Waals surface area contributed by atoms with Crippen LogP contribution in [0.4, 0.5) is 5.69 Å². The Kier molecular flexibility index (Phi) is 4.50. The molecule has 1 heterocycles. The summed E-state index contributed by atoms with van der Waals surface area (Å²) in [6.07, 6.45) is 0. The smallest absolute Gasteiger partial charge is 0.270 e. The molecule has 0 fully saturated rings. The highest BCUT2D eigenvalue weighted by Gasteiger charge is 2.12. The van der Waals surface area contributed by atoms with Gasteiger partial charge in [-0.1, -0.05) is 41.9 Å². The van der Waals surface area contributed by atoms with Crippen LogP contribution in [0.3, 0.4) is 0 Å². The Hall–Kier alpha value is -2.83. The lowest BCUT2D eigenvalue weighted by molar-refractivity contribution is -0.384. The molecule has 24 heavy (non-hydrogen) atoms. The van der Waals surface area contributed by atoms with Gasteiger partial charge in [0.1, 0.15) is 5.15 Å². The molecule has 1 N–H and O–H groups in total. The molecule has 0 atom stereocenters. The topological polar surface area (TPSA) is 89.2 Å². The van der Waals surface area contributed by atoms with Crippen molar-refractivity contribution in [2.75, 3.05) is 0 Å². The van der Waals surface area contributed by atoms with E-state index in [1.807, 2.05) is 12.1 Å². The summed E-state index contributed by atoms with van der Waals surface area (Å²) in [6, 6.07) is 14.9. The number of non-ortho nitro benzene ring substituents is 1. The van der Waals surface area contributed by atoms with Gasteiger partial charge in [0.05, 0.1) is 17.2 Å². The first-order valence-electron chi connectivity index (χ1n) is 7.06. The van der Waals surface area contributed by atoms with E-state index in [4.69, 9.17) is 11.6 Å². The van der Waals surface area contributed by atoms with Crippen molar-refractivity contribution >= 4 is 17.3 Å². The molecule has 0 spiro atoms. The standard InChI is InChI=1S/C17H12ClN3O3/c18-16-9-15(12-4-1-3-11(7-12)10-22)19-17(20-16)13-5-2-6-14(8-13)21(23)24/h1-9,22H,10H2. The molecule has 0 aliphatic carbocycles. The molecule has 0 aliphatic heterocycles. The van der Waals surface area contributed by atoms with Crippen molar-refractivity contribution in [3.63, 3.8) is 0 Å². The van der Waals surface area contributed by atoms with E-state index in [1.165, 1.54) is 12.1 Å². The van der Waals surface area contributed by atoms with E-state index in [0.717, 1.165) is 11.1 Å².